The number of rotatable bonds is 9. The van der Waals surface area contributed by atoms with E-state index in [0.29, 0.717) is 65.6 Å². The molecule has 2 heterocycles. The van der Waals surface area contributed by atoms with Crippen LogP contribution in [0.2, 0.25) is 5.02 Å². The van der Waals surface area contributed by atoms with Gasteiger partial charge in [0, 0.05) is 23.7 Å². The topological polar surface area (TPSA) is 97.1 Å². The van der Waals surface area contributed by atoms with Crippen LogP contribution in [0.3, 0.4) is 0 Å². The summed E-state index contributed by atoms with van der Waals surface area (Å²) in [5.74, 6) is 0.172. The molecule has 0 spiro atoms. The minimum atomic E-state index is -0.709. The highest BCUT2D eigenvalue weighted by atomic mass is 35.5. The van der Waals surface area contributed by atoms with Gasteiger partial charge in [-0.2, -0.15) is 4.98 Å². The number of halogens is 2. The van der Waals surface area contributed by atoms with E-state index < -0.39 is 12.7 Å². The quantitative estimate of drug-likeness (QED) is 0.462. The van der Waals surface area contributed by atoms with Gasteiger partial charge in [0.05, 0.1) is 32.4 Å². The van der Waals surface area contributed by atoms with E-state index in [4.69, 9.17) is 25.5 Å². The molecule has 4 rings (SSSR count). The van der Waals surface area contributed by atoms with Crippen LogP contribution in [0.15, 0.2) is 40.8 Å². The zero-order valence-electron chi connectivity index (χ0n) is 18.8. The largest absolute Gasteiger partial charge is 0.493 e. The van der Waals surface area contributed by atoms with Crippen molar-refractivity contribution in [2.45, 2.75) is 24.9 Å². The fourth-order valence-electron chi connectivity index (χ4n) is 4.08. The monoisotopic (exact) mass is 491 g/mol. The Bertz CT molecular complexity index is 1140. The van der Waals surface area contributed by atoms with Crippen LogP contribution in [0.1, 0.15) is 34.8 Å². The zero-order chi connectivity index (χ0) is 24.1. The Kier molecular flexibility index (Phi) is 7.87. The van der Waals surface area contributed by atoms with Crippen LogP contribution in [0.25, 0.3) is 11.1 Å². The molecule has 1 aliphatic rings. The molecule has 1 fully saturated rings. The van der Waals surface area contributed by atoms with E-state index in [0.717, 1.165) is 0 Å². The lowest BCUT2D eigenvalue weighted by molar-refractivity contribution is -0.00575. The summed E-state index contributed by atoms with van der Waals surface area (Å²) >= 11 is 6.04. The third kappa shape index (κ3) is 5.27. The number of nitrogens with one attached hydrogen (secondary N) is 1. The number of carbonyl (C=O) groups excluding carboxylic acids is 1. The first kappa shape index (κ1) is 24.3. The Hall–Kier alpha value is -2.88. The van der Waals surface area contributed by atoms with Gasteiger partial charge in [0.25, 0.3) is 11.9 Å². The number of morpholine rings is 1. The number of amides is 1. The second kappa shape index (κ2) is 11.0. The summed E-state index contributed by atoms with van der Waals surface area (Å²) in [6.07, 6.45) is 1.23. The van der Waals surface area contributed by atoms with E-state index in [-0.39, 0.29) is 24.6 Å². The Balaban J connectivity index is 1.61. The summed E-state index contributed by atoms with van der Waals surface area (Å²) in [7, 11) is 1.48. The van der Waals surface area contributed by atoms with Gasteiger partial charge in [0.2, 0.25) is 0 Å². The average Bonchev–Trinajstić information content (AvgIpc) is 3.27. The van der Waals surface area contributed by atoms with Crippen LogP contribution in [-0.4, -0.2) is 67.1 Å². The molecule has 1 saturated heterocycles. The summed E-state index contributed by atoms with van der Waals surface area (Å²) in [4.78, 5) is 19.5. The number of aliphatic hydroxyl groups is 1. The molecular formula is C24H27ClFN3O5. The molecule has 34 heavy (non-hydrogen) atoms. The molecule has 0 bridgehead atoms. The number of anilines is 1. The molecule has 0 radical (unpaired) electrons. The van der Waals surface area contributed by atoms with Gasteiger partial charge in [-0.3, -0.25) is 4.79 Å². The SMILES string of the molecule is COc1cc(C(=O)N2CCOCC2CCCO)cc2nc(N[C@H](CF)c3cccc(Cl)c3)oc12. The van der Waals surface area contributed by atoms with Crippen LogP contribution in [0.4, 0.5) is 10.4 Å². The fraction of sp³-hybridized carbons (Fsp3) is 0.417. The summed E-state index contributed by atoms with van der Waals surface area (Å²) in [5, 5.41) is 12.6. The van der Waals surface area contributed by atoms with Gasteiger partial charge in [0.1, 0.15) is 12.2 Å². The molecule has 0 saturated carbocycles. The van der Waals surface area contributed by atoms with Crippen LogP contribution >= 0.6 is 11.6 Å². The molecular weight excluding hydrogens is 465 g/mol. The summed E-state index contributed by atoms with van der Waals surface area (Å²) in [6.45, 7) is 0.692. The van der Waals surface area contributed by atoms with Crippen molar-refractivity contribution >= 4 is 34.6 Å². The number of carbonyl (C=O) groups is 1. The van der Waals surface area contributed by atoms with Crippen molar-refractivity contribution < 1.29 is 28.2 Å². The summed E-state index contributed by atoms with van der Waals surface area (Å²) in [6, 6.07) is 9.42. The maximum Gasteiger partial charge on any atom is 0.296 e. The van der Waals surface area contributed by atoms with Crippen LogP contribution in [0, 0.1) is 0 Å². The van der Waals surface area contributed by atoms with Crippen molar-refractivity contribution in [3.05, 3.63) is 52.5 Å². The lowest BCUT2D eigenvalue weighted by atomic mass is 10.1. The van der Waals surface area contributed by atoms with E-state index >= 15 is 0 Å². The molecule has 182 valence electrons. The normalized spacial score (nSPS) is 17.1. The molecule has 1 amide bonds. The molecule has 0 aliphatic carbocycles. The minimum absolute atomic E-state index is 0.0576. The highest BCUT2D eigenvalue weighted by Gasteiger charge is 2.29. The van der Waals surface area contributed by atoms with Crippen molar-refractivity contribution in [3.63, 3.8) is 0 Å². The molecule has 1 aromatic heterocycles. The number of benzene rings is 2. The highest BCUT2D eigenvalue weighted by Crippen LogP contribution is 2.32. The number of aromatic nitrogens is 1. The first-order valence-corrected chi connectivity index (χ1v) is 11.5. The number of ether oxygens (including phenoxy) is 2. The fourth-order valence-corrected chi connectivity index (χ4v) is 4.28. The maximum absolute atomic E-state index is 13.8. The molecule has 1 aliphatic heterocycles. The van der Waals surface area contributed by atoms with E-state index in [1.54, 1.807) is 41.3 Å². The first-order valence-electron chi connectivity index (χ1n) is 11.1. The Morgan fingerprint density at radius 3 is 3.00 bits per heavy atom. The van der Waals surface area contributed by atoms with E-state index in [1.807, 2.05) is 0 Å². The number of fused-ring (bicyclic) bond motifs is 1. The van der Waals surface area contributed by atoms with Crippen molar-refractivity contribution in [1.29, 1.82) is 0 Å². The smallest absolute Gasteiger partial charge is 0.296 e. The third-order valence-electron chi connectivity index (χ3n) is 5.81. The van der Waals surface area contributed by atoms with Gasteiger partial charge < -0.3 is 29.2 Å². The maximum atomic E-state index is 13.8. The first-order chi connectivity index (χ1) is 16.5. The van der Waals surface area contributed by atoms with E-state index in [1.165, 1.54) is 7.11 Å². The van der Waals surface area contributed by atoms with Crippen molar-refractivity contribution in [1.82, 2.24) is 9.88 Å². The van der Waals surface area contributed by atoms with E-state index in [2.05, 4.69) is 10.3 Å². The van der Waals surface area contributed by atoms with Gasteiger partial charge in [-0.05, 0) is 42.7 Å². The number of alkyl halides is 1. The average molecular weight is 492 g/mol. The standard InChI is InChI=1S/C24H27ClFN3O5/c1-32-21-12-16(23(31)29-7-9-33-14-18(29)6-3-8-30)11-19-22(21)34-24(27-19)28-20(13-26)15-4-2-5-17(25)10-15/h2,4-5,10-12,18,20,30H,3,6-9,13-14H2,1H3,(H,27,28)/t18?,20-/m1/s1. The van der Waals surface area contributed by atoms with E-state index in [9.17, 15) is 14.3 Å². The molecule has 2 N–H and O–H groups in total. The van der Waals surface area contributed by atoms with Crippen LogP contribution in [-0.2, 0) is 4.74 Å². The Morgan fingerprint density at radius 2 is 2.26 bits per heavy atom. The predicted molar refractivity (Wildman–Crippen MR) is 126 cm³/mol. The van der Waals surface area contributed by atoms with Crippen LogP contribution in [0.5, 0.6) is 5.75 Å². The Labute approximate surface area is 201 Å². The van der Waals surface area contributed by atoms with Crippen molar-refractivity contribution in [2.75, 3.05) is 45.5 Å². The number of oxazole rings is 1. The van der Waals surface area contributed by atoms with Gasteiger partial charge in [0.15, 0.2) is 11.3 Å². The molecule has 3 aromatic rings. The second-order valence-corrected chi connectivity index (χ2v) is 8.48. The molecule has 1 unspecified atom stereocenters. The number of hydrogen-bond acceptors (Lipinski definition) is 7. The van der Waals surface area contributed by atoms with Gasteiger partial charge >= 0.3 is 0 Å². The third-order valence-corrected chi connectivity index (χ3v) is 6.04. The Morgan fingerprint density at radius 1 is 1.41 bits per heavy atom. The zero-order valence-corrected chi connectivity index (χ0v) is 19.6. The number of aliphatic hydroxyl groups excluding tert-OH is 1. The lowest BCUT2D eigenvalue weighted by Gasteiger charge is -2.35. The van der Waals surface area contributed by atoms with Gasteiger partial charge in [-0.1, -0.05) is 23.7 Å². The highest BCUT2D eigenvalue weighted by molar-refractivity contribution is 6.30. The lowest BCUT2D eigenvalue weighted by Crippen LogP contribution is -2.48. The predicted octanol–water partition coefficient (Wildman–Crippen LogP) is 4.23. The number of hydrogen-bond donors (Lipinski definition) is 2. The van der Waals surface area contributed by atoms with Crippen molar-refractivity contribution in [3.8, 4) is 5.75 Å². The van der Waals surface area contributed by atoms with Crippen molar-refractivity contribution in [2.24, 2.45) is 0 Å². The minimum Gasteiger partial charge on any atom is -0.493 e. The number of methoxy groups -OCH3 is 1. The molecule has 10 heteroatoms. The molecule has 8 nitrogen and oxygen atoms in total. The summed E-state index contributed by atoms with van der Waals surface area (Å²) in [5.41, 5.74) is 1.82. The molecule has 2 atom stereocenters. The number of nitrogens with zero attached hydrogens (tertiary/aromatic N) is 2. The van der Waals surface area contributed by atoms with Crippen LogP contribution < -0.4 is 10.1 Å². The summed E-state index contributed by atoms with van der Waals surface area (Å²) < 4.78 is 30.6. The second-order valence-electron chi connectivity index (χ2n) is 8.05. The van der Waals surface area contributed by atoms with Gasteiger partial charge in [-0.15, -0.1) is 0 Å². The van der Waals surface area contributed by atoms with Gasteiger partial charge in [-0.25, -0.2) is 4.39 Å². The molecule has 2 aromatic carbocycles.